The number of nitrogens with one attached hydrogen (secondary N) is 1. The molecule has 0 saturated heterocycles. The van der Waals surface area contributed by atoms with Crippen LogP contribution in [0, 0.1) is 5.92 Å². The standard InChI is InChI=1S/C14H29NO/c1-12(2)7-6-8-13(3)15-11-14(16)9-4-5-10-14/h12-13,15-16H,4-11H2,1-3H3. The van der Waals surface area contributed by atoms with Gasteiger partial charge in [-0.25, -0.2) is 0 Å². The van der Waals surface area contributed by atoms with Crippen molar-refractivity contribution in [2.75, 3.05) is 6.54 Å². The Morgan fingerprint density at radius 2 is 1.75 bits per heavy atom. The predicted molar refractivity (Wildman–Crippen MR) is 69.6 cm³/mol. The van der Waals surface area contributed by atoms with E-state index in [0.717, 1.165) is 25.3 Å². The van der Waals surface area contributed by atoms with Gasteiger partial charge in [-0.2, -0.15) is 0 Å². The van der Waals surface area contributed by atoms with Crippen LogP contribution in [0.2, 0.25) is 0 Å². The average molecular weight is 227 g/mol. The second kappa shape index (κ2) is 6.61. The van der Waals surface area contributed by atoms with Crippen molar-refractivity contribution in [3.63, 3.8) is 0 Å². The second-order valence-corrected chi connectivity index (χ2v) is 6.04. The van der Waals surface area contributed by atoms with Crippen LogP contribution in [0.25, 0.3) is 0 Å². The maximum Gasteiger partial charge on any atom is 0.0771 e. The van der Waals surface area contributed by atoms with E-state index >= 15 is 0 Å². The summed E-state index contributed by atoms with van der Waals surface area (Å²) in [6.07, 6.45) is 8.20. The molecular formula is C14H29NO. The predicted octanol–water partition coefficient (Wildman–Crippen LogP) is 3.10. The first kappa shape index (κ1) is 14.0. The van der Waals surface area contributed by atoms with Crippen LogP contribution < -0.4 is 5.32 Å². The topological polar surface area (TPSA) is 32.3 Å². The molecule has 0 amide bonds. The van der Waals surface area contributed by atoms with E-state index in [1.165, 1.54) is 32.1 Å². The molecule has 0 bridgehead atoms. The first-order valence-corrected chi connectivity index (χ1v) is 6.98. The summed E-state index contributed by atoms with van der Waals surface area (Å²) in [6, 6.07) is 0.545. The highest BCUT2D eigenvalue weighted by atomic mass is 16.3. The number of hydrogen-bond donors (Lipinski definition) is 2. The van der Waals surface area contributed by atoms with E-state index in [1.54, 1.807) is 0 Å². The molecule has 0 aliphatic heterocycles. The lowest BCUT2D eigenvalue weighted by Gasteiger charge is -2.25. The average Bonchev–Trinajstić information content (AvgIpc) is 2.62. The SMILES string of the molecule is CC(C)CCCC(C)NCC1(O)CCCC1. The van der Waals surface area contributed by atoms with E-state index in [-0.39, 0.29) is 0 Å². The van der Waals surface area contributed by atoms with Crippen LogP contribution in [0.3, 0.4) is 0 Å². The highest BCUT2D eigenvalue weighted by Crippen LogP contribution is 2.28. The Morgan fingerprint density at radius 3 is 2.31 bits per heavy atom. The van der Waals surface area contributed by atoms with Gasteiger partial charge in [-0.1, -0.05) is 39.5 Å². The van der Waals surface area contributed by atoms with Gasteiger partial charge in [-0.3, -0.25) is 0 Å². The zero-order valence-electron chi connectivity index (χ0n) is 11.3. The van der Waals surface area contributed by atoms with Crippen molar-refractivity contribution < 1.29 is 5.11 Å². The molecule has 1 rings (SSSR count). The first-order chi connectivity index (χ1) is 7.52. The number of hydrogen-bond acceptors (Lipinski definition) is 2. The lowest BCUT2D eigenvalue weighted by molar-refractivity contribution is 0.0450. The molecule has 1 aliphatic carbocycles. The van der Waals surface area contributed by atoms with E-state index in [2.05, 4.69) is 26.1 Å². The summed E-state index contributed by atoms with van der Waals surface area (Å²) in [7, 11) is 0. The van der Waals surface area contributed by atoms with Gasteiger partial charge in [0.15, 0.2) is 0 Å². The number of aliphatic hydroxyl groups is 1. The molecule has 2 heteroatoms. The van der Waals surface area contributed by atoms with E-state index in [9.17, 15) is 5.11 Å². The number of rotatable bonds is 7. The van der Waals surface area contributed by atoms with Crippen molar-refractivity contribution in [2.45, 2.75) is 77.4 Å². The van der Waals surface area contributed by atoms with Gasteiger partial charge in [0.1, 0.15) is 0 Å². The lowest BCUT2D eigenvalue weighted by Crippen LogP contribution is -2.41. The summed E-state index contributed by atoms with van der Waals surface area (Å²) >= 11 is 0. The Labute approximate surface area is 101 Å². The summed E-state index contributed by atoms with van der Waals surface area (Å²) in [4.78, 5) is 0. The van der Waals surface area contributed by atoms with E-state index < -0.39 is 5.60 Å². The second-order valence-electron chi connectivity index (χ2n) is 6.04. The molecule has 0 radical (unpaired) electrons. The molecule has 0 aromatic rings. The Hall–Kier alpha value is -0.0800. The maximum absolute atomic E-state index is 10.2. The molecule has 0 aromatic carbocycles. The lowest BCUT2D eigenvalue weighted by atomic mass is 10.0. The third kappa shape index (κ3) is 5.31. The Morgan fingerprint density at radius 1 is 1.12 bits per heavy atom. The van der Waals surface area contributed by atoms with Crippen LogP contribution >= 0.6 is 0 Å². The van der Waals surface area contributed by atoms with Crippen LogP contribution in [0.15, 0.2) is 0 Å². The highest BCUT2D eigenvalue weighted by molar-refractivity contribution is 4.86. The van der Waals surface area contributed by atoms with Crippen molar-refractivity contribution in [2.24, 2.45) is 5.92 Å². The zero-order valence-corrected chi connectivity index (χ0v) is 11.3. The van der Waals surface area contributed by atoms with Crippen LogP contribution in [0.5, 0.6) is 0 Å². The summed E-state index contributed by atoms with van der Waals surface area (Å²) < 4.78 is 0. The van der Waals surface area contributed by atoms with Crippen molar-refractivity contribution >= 4 is 0 Å². The summed E-state index contributed by atoms with van der Waals surface area (Å²) in [5.41, 5.74) is -0.397. The molecule has 1 unspecified atom stereocenters. The van der Waals surface area contributed by atoms with Crippen LogP contribution in [0.1, 0.15) is 65.7 Å². The molecule has 16 heavy (non-hydrogen) atoms. The normalized spacial score (nSPS) is 21.6. The smallest absolute Gasteiger partial charge is 0.0771 e. The monoisotopic (exact) mass is 227 g/mol. The Kier molecular flexibility index (Phi) is 5.77. The third-order valence-electron chi connectivity index (χ3n) is 3.73. The van der Waals surface area contributed by atoms with Gasteiger partial charge in [0, 0.05) is 12.6 Å². The molecule has 0 spiro atoms. The van der Waals surface area contributed by atoms with Gasteiger partial charge < -0.3 is 10.4 Å². The third-order valence-corrected chi connectivity index (χ3v) is 3.73. The molecule has 0 aromatic heterocycles. The fourth-order valence-corrected chi connectivity index (χ4v) is 2.51. The molecule has 0 heterocycles. The molecule has 1 atom stereocenters. The molecular weight excluding hydrogens is 198 g/mol. The fraction of sp³-hybridized carbons (Fsp3) is 1.00. The van der Waals surface area contributed by atoms with Crippen LogP contribution in [-0.2, 0) is 0 Å². The summed E-state index contributed by atoms with van der Waals surface area (Å²) in [5, 5.41) is 13.7. The van der Waals surface area contributed by atoms with Crippen LogP contribution in [0.4, 0.5) is 0 Å². The minimum absolute atomic E-state index is 0.397. The molecule has 1 saturated carbocycles. The molecule has 96 valence electrons. The maximum atomic E-state index is 10.2. The van der Waals surface area contributed by atoms with E-state index in [4.69, 9.17) is 0 Å². The van der Waals surface area contributed by atoms with E-state index in [1.807, 2.05) is 0 Å². The zero-order chi connectivity index (χ0) is 12.0. The minimum Gasteiger partial charge on any atom is -0.389 e. The fourth-order valence-electron chi connectivity index (χ4n) is 2.51. The van der Waals surface area contributed by atoms with Gasteiger partial charge in [-0.05, 0) is 32.1 Å². The Balaban J connectivity index is 2.07. The van der Waals surface area contributed by atoms with Crippen molar-refractivity contribution in [3.05, 3.63) is 0 Å². The van der Waals surface area contributed by atoms with E-state index in [0.29, 0.717) is 6.04 Å². The first-order valence-electron chi connectivity index (χ1n) is 6.98. The van der Waals surface area contributed by atoms with Crippen molar-refractivity contribution in [3.8, 4) is 0 Å². The molecule has 2 N–H and O–H groups in total. The van der Waals surface area contributed by atoms with Gasteiger partial charge in [0.05, 0.1) is 5.60 Å². The van der Waals surface area contributed by atoms with Crippen LogP contribution in [-0.4, -0.2) is 23.3 Å². The van der Waals surface area contributed by atoms with Gasteiger partial charge in [0.2, 0.25) is 0 Å². The Bertz CT molecular complexity index is 185. The van der Waals surface area contributed by atoms with Gasteiger partial charge in [-0.15, -0.1) is 0 Å². The minimum atomic E-state index is -0.397. The largest absolute Gasteiger partial charge is 0.389 e. The highest BCUT2D eigenvalue weighted by Gasteiger charge is 2.30. The quantitative estimate of drug-likeness (QED) is 0.700. The summed E-state index contributed by atoms with van der Waals surface area (Å²) in [5.74, 6) is 0.811. The molecule has 1 fully saturated rings. The van der Waals surface area contributed by atoms with Crippen molar-refractivity contribution in [1.29, 1.82) is 0 Å². The molecule has 1 aliphatic rings. The van der Waals surface area contributed by atoms with Crippen molar-refractivity contribution in [1.82, 2.24) is 5.32 Å². The van der Waals surface area contributed by atoms with Gasteiger partial charge >= 0.3 is 0 Å². The molecule has 2 nitrogen and oxygen atoms in total. The summed E-state index contributed by atoms with van der Waals surface area (Å²) in [6.45, 7) is 7.58. The van der Waals surface area contributed by atoms with Gasteiger partial charge in [0.25, 0.3) is 0 Å².